The fourth-order valence-corrected chi connectivity index (χ4v) is 2.59. The minimum absolute atomic E-state index is 0.275. The molecule has 0 bridgehead atoms. The van der Waals surface area contributed by atoms with Gasteiger partial charge in [0.1, 0.15) is 6.04 Å². The van der Waals surface area contributed by atoms with Crippen molar-refractivity contribution in [3.8, 4) is 0 Å². The quantitative estimate of drug-likeness (QED) is 0.663. The number of hydrogen-bond acceptors (Lipinski definition) is 3. The van der Waals surface area contributed by atoms with Crippen LogP contribution in [0.5, 0.6) is 0 Å². The number of carboxylic acids is 1. The van der Waals surface area contributed by atoms with Crippen molar-refractivity contribution in [2.75, 3.05) is 5.32 Å². The zero-order valence-electron chi connectivity index (χ0n) is 15.5. The van der Waals surface area contributed by atoms with Crippen molar-refractivity contribution in [2.24, 2.45) is 0 Å². The number of carbonyl (C=O) groups is 3. The predicted molar refractivity (Wildman–Crippen MR) is 104 cm³/mol. The fourth-order valence-electron chi connectivity index (χ4n) is 2.59. The number of unbranched alkanes of at least 4 members (excludes halogenated alkanes) is 1. The number of aliphatic carboxylic acids is 1. The lowest BCUT2D eigenvalue weighted by atomic mass is 10.1. The molecule has 0 saturated heterocycles. The third-order valence-electron chi connectivity index (χ3n) is 4.23. The summed E-state index contributed by atoms with van der Waals surface area (Å²) in [4.78, 5) is 36.1. The summed E-state index contributed by atoms with van der Waals surface area (Å²) in [6, 6.07) is 12.7. The van der Waals surface area contributed by atoms with Gasteiger partial charge in [0.05, 0.1) is 0 Å². The molecule has 2 aromatic rings. The number of anilines is 1. The smallest absolute Gasteiger partial charge is 0.326 e. The van der Waals surface area contributed by atoms with E-state index in [1.54, 1.807) is 42.5 Å². The second-order valence-corrected chi connectivity index (χ2v) is 6.36. The number of carboxylic acid groups (broad SMARTS) is 1. The first kappa shape index (κ1) is 20.2. The van der Waals surface area contributed by atoms with E-state index in [1.165, 1.54) is 0 Å². The van der Waals surface area contributed by atoms with Gasteiger partial charge in [0.15, 0.2) is 0 Å². The summed E-state index contributed by atoms with van der Waals surface area (Å²) in [5, 5.41) is 14.6. The highest BCUT2D eigenvalue weighted by Crippen LogP contribution is 2.18. The molecule has 2 aromatic carbocycles. The van der Waals surface area contributed by atoms with Crippen LogP contribution in [-0.4, -0.2) is 28.9 Å². The van der Waals surface area contributed by atoms with Crippen LogP contribution in [0.2, 0.25) is 0 Å². The largest absolute Gasteiger partial charge is 0.480 e. The molecule has 6 heteroatoms. The minimum Gasteiger partial charge on any atom is -0.480 e. The van der Waals surface area contributed by atoms with Crippen molar-refractivity contribution in [2.45, 2.75) is 39.2 Å². The van der Waals surface area contributed by atoms with E-state index in [0.717, 1.165) is 12.0 Å². The van der Waals surface area contributed by atoms with Gasteiger partial charge in [-0.2, -0.15) is 0 Å². The predicted octanol–water partition coefficient (Wildman–Crippen LogP) is 3.62. The van der Waals surface area contributed by atoms with Crippen LogP contribution in [0.1, 0.15) is 52.5 Å². The molecule has 0 saturated carbocycles. The molecule has 142 valence electrons. The van der Waals surface area contributed by atoms with Gasteiger partial charge >= 0.3 is 5.97 Å². The average Bonchev–Trinajstić information content (AvgIpc) is 2.67. The molecule has 0 aliphatic carbocycles. The fraction of sp³-hybridized carbons (Fsp3) is 0.286. The third kappa shape index (κ3) is 5.67. The number of carbonyl (C=O) groups excluding carboxylic acids is 2. The Morgan fingerprint density at radius 1 is 1.00 bits per heavy atom. The van der Waals surface area contributed by atoms with Crippen molar-refractivity contribution < 1.29 is 19.5 Å². The number of benzene rings is 2. The molecule has 0 aliphatic heterocycles. The van der Waals surface area contributed by atoms with Crippen LogP contribution >= 0.6 is 0 Å². The molecule has 27 heavy (non-hydrogen) atoms. The maximum Gasteiger partial charge on any atom is 0.326 e. The molecular formula is C21H24N2O4. The lowest BCUT2D eigenvalue weighted by molar-refractivity contribution is -0.139. The summed E-state index contributed by atoms with van der Waals surface area (Å²) in [5.41, 5.74) is 2.12. The Morgan fingerprint density at radius 3 is 2.33 bits per heavy atom. The van der Waals surface area contributed by atoms with Crippen LogP contribution in [-0.2, 0) is 4.79 Å². The Hall–Kier alpha value is -3.15. The van der Waals surface area contributed by atoms with E-state index in [-0.39, 0.29) is 5.91 Å². The molecule has 2 amide bonds. The number of nitrogens with one attached hydrogen (secondary N) is 2. The Labute approximate surface area is 158 Å². The normalized spacial score (nSPS) is 11.5. The van der Waals surface area contributed by atoms with E-state index >= 15 is 0 Å². The summed E-state index contributed by atoms with van der Waals surface area (Å²) >= 11 is 0. The topological polar surface area (TPSA) is 95.5 Å². The lowest BCUT2D eigenvalue weighted by Crippen LogP contribution is -2.40. The Morgan fingerprint density at radius 2 is 1.70 bits per heavy atom. The molecule has 0 aromatic heterocycles. The summed E-state index contributed by atoms with van der Waals surface area (Å²) in [5.74, 6) is -1.81. The van der Waals surface area contributed by atoms with Crippen molar-refractivity contribution >= 4 is 23.5 Å². The molecule has 3 N–H and O–H groups in total. The van der Waals surface area contributed by atoms with Crippen LogP contribution in [0.25, 0.3) is 0 Å². The van der Waals surface area contributed by atoms with Crippen LogP contribution < -0.4 is 10.6 Å². The first-order valence-electron chi connectivity index (χ1n) is 8.93. The van der Waals surface area contributed by atoms with Gasteiger partial charge in [0.2, 0.25) is 0 Å². The first-order chi connectivity index (χ1) is 12.9. The Kier molecular flexibility index (Phi) is 7.11. The van der Waals surface area contributed by atoms with E-state index in [9.17, 15) is 19.5 Å². The highest BCUT2D eigenvalue weighted by atomic mass is 16.4. The zero-order chi connectivity index (χ0) is 19.8. The van der Waals surface area contributed by atoms with Gasteiger partial charge in [-0.05, 0) is 43.2 Å². The average molecular weight is 368 g/mol. The van der Waals surface area contributed by atoms with E-state index in [2.05, 4.69) is 10.6 Å². The number of aryl methyl sites for hydroxylation is 1. The van der Waals surface area contributed by atoms with Crippen molar-refractivity contribution in [1.82, 2.24) is 5.32 Å². The minimum atomic E-state index is -1.05. The molecule has 0 aliphatic rings. The van der Waals surface area contributed by atoms with Crippen molar-refractivity contribution in [1.29, 1.82) is 0 Å². The third-order valence-corrected chi connectivity index (χ3v) is 4.23. The van der Waals surface area contributed by atoms with Crippen LogP contribution in [0.4, 0.5) is 5.69 Å². The molecule has 0 fully saturated rings. The monoisotopic (exact) mass is 368 g/mol. The highest BCUT2D eigenvalue weighted by molar-refractivity contribution is 6.05. The number of amides is 2. The molecule has 0 heterocycles. The van der Waals surface area contributed by atoms with E-state index < -0.39 is 17.9 Å². The first-order valence-corrected chi connectivity index (χ1v) is 8.93. The zero-order valence-corrected chi connectivity index (χ0v) is 15.5. The van der Waals surface area contributed by atoms with Crippen LogP contribution in [0.3, 0.4) is 0 Å². The molecular weight excluding hydrogens is 344 g/mol. The second-order valence-electron chi connectivity index (χ2n) is 6.36. The molecule has 2 rings (SSSR count). The summed E-state index contributed by atoms with van der Waals surface area (Å²) in [7, 11) is 0. The van der Waals surface area contributed by atoms with Gasteiger partial charge in [-0.1, -0.05) is 44.0 Å². The van der Waals surface area contributed by atoms with E-state index in [4.69, 9.17) is 0 Å². The molecule has 1 atom stereocenters. The number of hydrogen-bond donors (Lipinski definition) is 3. The van der Waals surface area contributed by atoms with Gasteiger partial charge in [0, 0.05) is 16.8 Å². The standard InChI is InChI=1S/C21H24N2O4/c1-3-4-10-17(21(26)27)22-20(25)16-12-11-14(2)18(13-16)23-19(24)15-8-6-5-7-9-15/h5-9,11-13,17H,3-4,10H2,1-2H3,(H,22,25)(H,23,24)(H,26,27)/t17-/m0/s1. The Bertz CT molecular complexity index is 818. The summed E-state index contributed by atoms with van der Waals surface area (Å²) in [6.45, 7) is 3.78. The van der Waals surface area contributed by atoms with Crippen molar-refractivity contribution in [3.63, 3.8) is 0 Å². The van der Waals surface area contributed by atoms with E-state index in [1.807, 2.05) is 19.9 Å². The molecule has 0 radical (unpaired) electrons. The maximum atomic E-state index is 12.5. The molecule has 6 nitrogen and oxygen atoms in total. The maximum absolute atomic E-state index is 12.5. The summed E-state index contributed by atoms with van der Waals surface area (Å²) in [6.07, 6.45) is 1.93. The van der Waals surface area contributed by atoms with Crippen LogP contribution in [0, 0.1) is 6.92 Å². The van der Waals surface area contributed by atoms with Crippen molar-refractivity contribution in [3.05, 3.63) is 65.2 Å². The van der Waals surface area contributed by atoms with Gasteiger partial charge in [-0.3, -0.25) is 9.59 Å². The second kappa shape index (κ2) is 9.52. The number of rotatable bonds is 8. The van der Waals surface area contributed by atoms with Gasteiger partial charge in [-0.15, -0.1) is 0 Å². The highest BCUT2D eigenvalue weighted by Gasteiger charge is 2.20. The lowest BCUT2D eigenvalue weighted by Gasteiger charge is -2.15. The SMILES string of the molecule is CCCC[C@H](NC(=O)c1ccc(C)c(NC(=O)c2ccccc2)c1)C(=O)O. The molecule has 0 unspecified atom stereocenters. The Balaban J connectivity index is 2.14. The van der Waals surface area contributed by atoms with Gasteiger partial charge < -0.3 is 15.7 Å². The van der Waals surface area contributed by atoms with Gasteiger partial charge in [-0.25, -0.2) is 4.79 Å². The van der Waals surface area contributed by atoms with Gasteiger partial charge in [0.25, 0.3) is 11.8 Å². The van der Waals surface area contributed by atoms with Crippen LogP contribution in [0.15, 0.2) is 48.5 Å². The summed E-state index contributed by atoms with van der Waals surface area (Å²) < 4.78 is 0. The molecule has 0 spiro atoms. The van der Waals surface area contributed by atoms with E-state index in [0.29, 0.717) is 29.7 Å².